The lowest BCUT2D eigenvalue weighted by Crippen LogP contribution is -2.18. The van der Waals surface area contributed by atoms with E-state index < -0.39 is 23.8 Å². The number of esters is 1. The Hall–Kier alpha value is -1.99. The maximum Gasteiger partial charge on any atom is 0.573 e. The van der Waals surface area contributed by atoms with Crippen LogP contribution in [0.2, 0.25) is 0 Å². The zero-order chi connectivity index (χ0) is 13.2. The van der Waals surface area contributed by atoms with Crippen LogP contribution in [0.4, 0.5) is 13.2 Å². The molecule has 0 aliphatic heterocycles. The molecule has 0 radical (unpaired) electrons. The van der Waals surface area contributed by atoms with Gasteiger partial charge >= 0.3 is 12.3 Å². The minimum atomic E-state index is -4.97. The zero-order valence-electron chi connectivity index (χ0n) is 8.83. The number of aryl methyl sites for hydroxylation is 1. The minimum absolute atomic E-state index is 0.174. The first-order valence-electron chi connectivity index (χ1n) is 4.29. The molecule has 1 aromatic rings. The molecule has 1 heterocycles. The Kier molecular flexibility index (Phi) is 3.45. The van der Waals surface area contributed by atoms with Crippen molar-refractivity contribution in [1.82, 2.24) is 4.98 Å². The number of aromatic nitrogens is 1. The summed E-state index contributed by atoms with van der Waals surface area (Å²) in [6, 6.07) is 0.654. The molecule has 0 fully saturated rings. The number of carbonyl (C=O) groups excluding carboxylic acids is 1. The molecule has 0 amide bonds. The molecule has 0 spiro atoms. The maximum absolute atomic E-state index is 12.0. The van der Waals surface area contributed by atoms with Crippen LogP contribution in [0, 0.1) is 6.92 Å². The number of nitrogens with zero attached hydrogens (tertiary/aromatic N) is 1. The van der Waals surface area contributed by atoms with E-state index in [1.807, 2.05) is 0 Å². The van der Waals surface area contributed by atoms with Crippen LogP contribution >= 0.6 is 0 Å². The van der Waals surface area contributed by atoms with Gasteiger partial charge in [0, 0.05) is 6.07 Å². The molecule has 1 aromatic heterocycles. The molecule has 1 N–H and O–H groups in total. The molecule has 0 aliphatic carbocycles. The quantitative estimate of drug-likeness (QED) is 0.811. The van der Waals surface area contributed by atoms with Crippen molar-refractivity contribution in [3.05, 3.63) is 17.5 Å². The van der Waals surface area contributed by atoms with Crippen molar-refractivity contribution in [2.45, 2.75) is 13.3 Å². The second-order valence-electron chi connectivity index (χ2n) is 2.98. The summed E-state index contributed by atoms with van der Waals surface area (Å²) in [5, 5.41) is 9.30. The first-order chi connectivity index (χ1) is 7.74. The van der Waals surface area contributed by atoms with E-state index in [0.29, 0.717) is 6.07 Å². The highest BCUT2D eigenvalue weighted by Gasteiger charge is 2.33. The van der Waals surface area contributed by atoms with E-state index in [-0.39, 0.29) is 11.4 Å². The van der Waals surface area contributed by atoms with Crippen LogP contribution in [0.25, 0.3) is 0 Å². The zero-order valence-corrected chi connectivity index (χ0v) is 8.83. The van der Waals surface area contributed by atoms with Crippen molar-refractivity contribution in [3.63, 3.8) is 0 Å². The number of halogens is 3. The predicted molar refractivity (Wildman–Crippen MR) is 48.7 cm³/mol. The molecular weight excluding hydrogens is 243 g/mol. The first kappa shape index (κ1) is 13.1. The van der Waals surface area contributed by atoms with E-state index in [0.717, 1.165) is 7.11 Å². The second kappa shape index (κ2) is 4.48. The number of aromatic hydroxyl groups is 1. The van der Waals surface area contributed by atoms with E-state index in [9.17, 15) is 23.1 Å². The van der Waals surface area contributed by atoms with Crippen LogP contribution in [-0.2, 0) is 4.74 Å². The van der Waals surface area contributed by atoms with Gasteiger partial charge in [-0.25, -0.2) is 9.78 Å². The normalized spacial score (nSPS) is 11.1. The smallest absolute Gasteiger partial charge is 0.503 e. The molecule has 8 heteroatoms. The summed E-state index contributed by atoms with van der Waals surface area (Å²) in [6.45, 7) is 1.23. The average molecular weight is 251 g/mol. The monoisotopic (exact) mass is 251 g/mol. The average Bonchev–Trinajstić information content (AvgIpc) is 2.21. The molecule has 94 valence electrons. The molecule has 1 rings (SSSR count). The summed E-state index contributed by atoms with van der Waals surface area (Å²) in [5.41, 5.74) is -0.561. The molecule has 5 nitrogen and oxygen atoms in total. The van der Waals surface area contributed by atoms with Crippen LogP contribution in [0.15, 0.2) is 6.07 Å². The van der Waals surface area contributed by atoms with Gasteiger partial charge in [-0.2, -0.15) is 0 Å². The molecule has 0 atom stereocenters. The summed E-state index contributed by atoms with van der Waals surface area (Å²) in [4.78, 5) is 14.7. The standard InChI is InChI=1S/C9H8F3NO4/c1-4-7(14)6(17-9(10,11)12)3-5(13-4)8(15)16-2/h3,14H,1-2H3. The van der Waals surface area contributed by atoms with Gasteiger partial charge in [-0.15, -0.1) is 13.2 Å². The van der Waals surface area contributed by atoms with E-state index in [4.69, 9.17) is 0 Å². The lowest BCUT2D eigenvalue weighted by atomic mass is 10.2. The van der Waals surface area contributed by atoms with Crippen molar-refractivity contribution in [3.8, 4) is 11.5 Å². The molecule has 0 aliphatic rings. The van der Waals surface area contributed by atoms with E-state index in [1.165, 1.54) is 6.92 Å². The van der Waals surface area contributed by atoms with Crippen LogP contribution in [-0.4, -0.2) is 29.5 Å². The SMILES string of the molecule is COC(=O)c1cc(OC(F)(F)F)c(O)c(C)n1. The number of rotatable bonds is 2. The van der Waals surface area contributed by atoms with E-state index in [2.05, 4.69) is 14.5 Å². The summed E-state index contributed by atoms with van der Waals surface area (Å²) < 4.78 is 43.8. The number of methoxy groups -OCH3 is 1. The van der Waals surface area contributed by atoms with Gasteiger partial charge in [-0.05, 0) is 6.92 Å². The van der Waals surface area contributed by atoms with Crippen LogP contribution in [0.5, 0.6) is 11.5 Å². The minimum Gasteiger partial charge on any atom is -0.503 e. The Balaban J connectivity index is 3.20. The van der Waals surface area contributed by atoms with Gasteiger partial charge < -0.3 is 14.6 Å². The van der Waals surface area contributed by atoms with Crippen molar-refractivity contribution in [1.29, 1.82) is 0 Å². The number of hydrogen-bond acceptors (Lipinski definition) is 5. The van der Waals surface area contributed by atoms with Crippen LogP contribution < -0.4 is 4.74 Å². The van der Waals surface area contributed by atoms with Crippen molar-refractivity contribution in [2.24, 2.45) is 0 Å². The summed E-state index contributed by atoms with van der Waals surface area (Å²) in [7, 11) is 1.05. The summed E-state index contributed by atoms with van der Waals surface area (Å²) in [6.07, 6.45) is -4.97. The van der Waals surface area contributed by atoms with Gasteiger partial charge in [-0.1, -0.05) is 0 Å². The highest BCUT2D eigenvalue weighted by atomic mass is 19.4. The summed E-state index contributed by atoms with van der Waals surface area (Å²) in [5.74, 6) is -2.61. The Morgan fingerprint density at radius 2 is 2.06 bits per heavy atom. The second-order valence-corrected chi connectivity index (χ2v) is 2.98. The third kappa shape index (κ3) is 3.23. The highest BCUT2D eigenvalue weighted by Crippen LogP contribution is 2.33. The topological polar surface area (TPSA) is 68.7 Å². The first-order valence-corrected chi connectivity index (χ1v) is 4.29. The Morgan fingerprint density at radius 3 is 2.53 bits per heavy atom. The summed E-state index contributed by atoms with van der Waals surface area (Å²) >= 11 is 0. The molecule has 0 unspecified atom stereocenters. The van der Waals surface area contributed by atoms with Crippen molar-refractivity contribution < 1.29 is 32.5 Å². The fraction of sp³-hybridized carbons (Fsp3) is 0.333. The molecule has 0 saturated carbocycles. The fourth-order valence-corrected chi connectivity index (χ4v) is 1.05. The Labute approximate surface area is 93.8 Å². The van der Waals surface area contributed by atoms with E-state index in [1.54, 1.807) is 0 Å². The number of ether oxygens (including phenoxy) is 2. The number of carbonyl (C=O) groups is 1. The molecule has 0 aromatic carbocycles. The third-order valence-electron chi connectivity index (χ3n) is 1.75. The Morgan fingerprint density at radius 1 is 1.47 bits per heavy atom. The lowest BCUT2D eigenvalue weighted by Gasteiger charge is -2.12. The predicted octanol–water partition coefficient (Wildman–Crippen LogP) is 1.78. The number of alkyl halides is 3. The number of hydrogen-bond donors (Lipinski definition) is 1. The number of pyridine rings is 1. The third-order valence-corrected chi connectivity index (χ3v) is 1.75. The van der Waals surface area contributed by atoms with Crippen molar-refractivity contribution >= 4 is 5.97 Å². The highest BCUT2D eigenvalue weighted by molar-refractivity contribution is 5.88. The molecular formula is C9H8F3NO4. The maximum atomic E-state index is 12.0. The Bertz CT molecular complexity index is 445. The van der Waals surface area contributed by atoms with Gasteiger partial charge in [0.05, 0.1) is 12.8 Å². The molecule has 0 saturated heterocycles. The lowest BCUT2D eigenvalue weighted by molar-refractivity contribution is -0.275. The van der Waals surface area contributed by atoms with Gasteiger partial charge in [0.2, 0.25) is 0 Å². The molecule has 0 bridgehead atoms. The van der Waals surface area contributed by atoms with Crippen molar-refractivity contribution in [2.75, 3.05) is 7.11 Å². The van der Waals surface area contributed by atoms with Crippen LogP contribution in [0.1, 0.15) is 16.2 Å². The van der Waals surface area contributed by atoms with Crippen LogP contribution in [0.3, 0.4) is 0 Å². The van der Waals surface area contributed by atoms with Gasteiger partial charge in [0.15, 0.2) is 17.2 Å². The van der Waals surface area contributed by atoms with Gasteiger partial charge in [0.1, 0.15) is 0 Å². The fourth-order valence-electron chi connectivity index (χ4n) is 1.05. The molecule has 17 heavy (non-hydrogen) atoms. The largest absolute Gasteiger partial charge is 0.573 e. The van der Waals surface area contributed by atoms with Gasteiger partial charge in [0.25, 0.3) is 0 Å². The van der Waals surface area contributed by atoms with Gasteiger partial charge in [-0.3, -0.25) is 0 Å². The van der Waals surface area contributed by atoms with E-state index >= 15 is 0 Å².